The van der Waals surface area contributed by atoms with Gasteiger partial charge in [-0.25, -0.2) is 9.37 Å². The number of nitrogens with zero attached hydrogens (tertiary/aromatic N) is 2. The zero-order valence-corrected chi connectivity index (χ0v) is 12.9. The molecule has 22 heavy (non-hydrogen) atoms. The average Bonchev–Trinajstić information content (AvgIpc) is 2.56. The van der Waals surface area contributed by atoms with Gasteiger partial charge >= 0.3 is 0 Å². The minimum atomic E-state index is -0.229. The van der Waals surface area contributed by atoms with E-state index in [0.29, 0.717) is 6.54 Å². The van der Waals surface area contributed by atoms with Gasteiger partial charge in [0.1, 0.15) is 11.6 Å². The molecule has 1 aromatic heterocycles. The summed E-state index contributed by atoms with van der Waals surface area (Å²) in [6, 6.07) is 10.5. The molecule has 2 aromatic rings. The van der Waals surface area contributed by atoms with Gasteiger partial charge in [-0.2, -0.15) is 0 Å². The Hall–Kier alpha value is -1.94. The van der Waals surface area contributed by atoms with Crippen LogP contribution in [-0.2, 0) is 6.54 Å². The first kappa shape index (κ1) is 15.0. The summed E-state index contributed by atoms with van der Waals surface area (Å²) in [6.07, 6.45) is 2.37. The van der Waals surface area contributed by atoms with Gasteiger partial charge in [0, 0.05) is 30.8 Å². The summed E-state index contributed by atoms with van der Waals surface area (Å²) >= 11 is 0. The predicted octanol–water partition coefficient (Wildman–Crippen LogP) is 3.58. The average molecular weight is 299 g/mol. The Balaban J connectivity index is 1.94. The van der Waals surface area contributed by atoms with Crippen LogP contribution >= 0.6 is 0 Å². The zero-order valence-electron chi connectivity index (χ0n) is 12.9. The van der Waals surface area contributed by atoms with E-state index >= 15 is 0 Å². The van der Waals surface area contributed by atoms with Gasteiger partial charge in [-0.3, -0.25) is 0 Å². The fourth-order valence-electron chi connectivity index (χ4n) is 2.91. The number of anilines is 1. The van der Waals surface area contributed by atoms with Gasteiger partial charge < -0.3 is 10.6 Å². The van der Waals surface area contributed by atoms with Crippen molar-refractivity contribution in [1.82, 2.24) is 4.98 Å². The molecule has 1 aliphatic heterocycles. The molecule has 0 saturated carbocycles. The van der Waals surface area contributed by atoms with E-state index in [4.69, 9.17) is 10.7 Å². The summed E-state index contributed by atoms with van der Waals surface area (Å²) in [5.74, 6) is 1.53. The van der Waals surface area contributed by atoms with Crippen LogP contribution in [0.5, 0.6) is 0 Å². The molecule has 4 heteroatoms. The highest BCUT2D eigenvalue weighted by Crippen LogP contribution is 2.27. The van der Waals surface area contributed by atoms with E-state index in [1.54, 1.807) is 12.1 Å². The zero-order chi connectivity index (χ0) is 15.5. The SMILES string of the molecule is CC1CCN(c2nc(-c3ccc(F)cc3)ccc2CN)CC1. The van der Waals surface area contributed by atoms with Crippen LogP contribution in [0.4, 0.5) is 10.2 Å². The number of rotatable bonds is 3. The van der Waals surface area contributed by atoms with Gasteiger partial charge in [-0.05, 0) is 49.1 Å². The molecule has 2 N–H and O–H groups in total. The lowest BCUT2D eigenvalue weighted by Crippen LogP contribution is -2.34. The van der Waals surface area contributed by atoms with Gasteiger partial charge in [-0.15, -0.1) is 0 Å². The molecule has 1 aliphatic rings. The fraction of sp³-hybridized carbons (Fsp3) is 0.389. The monoisotopic (exact) mass is 299 g/mol. The molecule has 0 spiro atoms. The minimum absolute atomic E-state index is 0.229. The summed E-state index contributed by atoms with van der Waals surface area (Å²) in [5.41, 5.74) is 8.74. The van der Waals surface area contributed by atoms with E-state index in [1.165, 1.54) is 25.0 Å². The third-order valence-electron chi connectivity index (χ3n) is 4.40. The molecule has 116 valence electrons. The van der Waals surface area contributed by atoms with Gasteiger partial charge in [0.05, 0.1) is 5.69 Å². The van der Waals surface area contributed by atoms with Crippen LogP contribution in [0, 0.1) is 11.7 Å². The van der Waals surface area contributed by atoms with E-state index in [-0.39, 0.29) is 5.82 Å². The third-order valence-corrected chi connectivity index (χ3v) is 4.40. The first-order valence-corrected chi connectivity index (χ1v) is 7.88. The Bertz CT molecular complexity index is 631. The molecule has 0 bridgehead atoms. The molecule has 0 radical (unpaired) electrons. The Morgan fingerprint density at radius 3 is 2.45 bits per heavy atom. The molecular formula is C18H22FN3. The molecule has 3 nitrogen and oxygen atoms in total. The van der Waals surface area contributed by atoms with E-state index < -0.39 is 0 Å². The number of benzene rings is 1. The number of nitrogens with two attached hydrogens (primary N) is 1. The minimum Gasteiger partial charge on any atom is -0.356 e. The Kier molecular flexibility index (Phi) is 4.39. The molecule has 3 rings (SSSR count). The quantitative estimate of drug-likeness (QED) is 0.942. The topological polar surface area (TPSA) is 42.2 Å². The second-order valence-corrected chi connectivity index (χ2v) is 6.06. The predicted molar refractivity (Wildman–Crippen MR) is 88.1 cm³/mol. The van der Waals surface area contributed by atoms with Crippen molar-refractivity contribution in [2.45, 2.75) is 26.3 Å². The van der Waals surface area contributed by atoms with Crippen LogP contribution in [0.15, 0.2) is 36.4 Å². The van der Waals surface area contributed by atoms with Gasteiger partial charge in [0.2, 0.25) is 0 Å². The Labute approximate surface area is 131 Å². The fourth-order valence-corrected chi connectivity index (χ4v) is 2.91. The molecular weight excluding hydrogens is 277 g/mol. The number of pyridine rings is 1. The molecule has 0 unspecified atom stereocenters. The highest BCUT2D eigenvalue weighted by molar-refractivity contribution is 5.63. The largest absolute Gasteiger partial charge is 0.356 e. The molecule has 1 saturated heterocycles. The van der Waals surface area contributed by atoms with Crippen molar-refractivity contribution in [1.29, 1.82) is 0 Å². The maximum atomic E-state index is 13.1. The van der Waals surface area contributed by atoms with Crippen LogP contribution in [-0.4, -0.2) is 18.1 Å². The van der Waals surface area contributed by atoms with Crippen molar-refractivity contribution in [2.75, 3.05) is 18.0 Å². The molecule has 0 atom stereocenters. The highest BCUT2D eigenvalue weighted by atomic mass is 19.1. The van der Waals surface area contributed by atoms with Crippen molar-refractivity contribution in [3.05, 3.63) is 47.8 Å². The highest BCUT2D eigenvalue weighted by Gasteiger charge is 2.19. The molecule has 0 aliphatic carbocycles. The number of halogens is 1. The van der Waals surface area contributed by atoms with Crippen LogP contribution in [0.25, 0.3) is 11.3 Å². The van der Waals surface area contributed by atoms with Gasteiger partial charge in [0.25, 0.3) is 0 Å². The summed E-state index contributed by atoms with van der Waals surface area (Å²) < 4.78 is 13.1. The first-order valence-electron chi connectivity index (χ1n) is 7.88. The second-order valence-electron chi connectivity index (χ2n) is 6.06. The van der Waals surface area contributed by atoms with Crippen LogP contribution in [0.3, 0.4) is 0 Å². The maximum Gasteiger partial charge on any atom is 0.133 e. The van der Waals surface area contributed by atoms with E-state index in [0.717, 1.165) is 41.6 Å². The first-order chi connectivity index (χ1) is 10.7. The summed E-state index contributed by atoms with van der Waals surface area (Å²) in [4.78, 5) is 7.14. The lowest BCUT2D eigenvalue weighted by atomic mass is 9.99. The Morgan fingerprint density at radius 1 is 1.14 bits per heavy atom. The summed E-state index contributed by atoms with van der Waals surface area (Å²) in [6.45, 7) is 4.82. The van der Waals surface area contributed by atoms with Crippen molar-refractivity contribution in [3.63, 3.8) is 0 Å². The van der Waals surface area contributed by atoms with Gasteiger partial charge in [-0.1, -0.05) is 13.0 Å². The lowest BCUT2D eigenvalue weighted by Gasteiger charge is -2.32. The molecule has 1 aromatic carbocycles. The van der Waals surface area contributed by atoms with Crippen LogP contribution in [0.2, 0.25) is 0 Å². The summed E-state index contributed by atoms with van der Waals surface area (Å²) in [5, 5.41) is 0. The van der Waals surface area contributed by atoms with E-state index in [2.05, 4.69) is 11.8 Å². The second kappa shape index (κ2) is 6.44. The van der Waals surface area contributed by atoms with Crippen molar-refractivity contribution < 1.29 is 4.39 Å². The van der Waals surface area contributed by atoms with Gasteiger partial charge in [0.15, 0.2) is 0 Å². The summed E-state index contributed by atoms with van der Waals surface area (Å²) in [7, 11) is 0. The Morgan fingerprint density at radius 2 is 1.82 bits per heavy atom. The molecule has 0 amide bonds. The van der Waals surface area contributed by atoms with Crippen LogP contribution < -0.4 is 10.6 Å². The lowest BCUT2D eigenvalue weighted by molar-refractivity contribution is 0.436. The van der Waals surface area contributed by atoms with E-state index in [9.17, 15) is 4.39 Å². The van der Waals surface area contributed by atoms with Crippen molar-refractivity contribution >= 4 is 5.82 Å². The standard InChI is InChI=1S/C18H22FN3/c1-13-8-10-22(11-9-13)18-15(12-20)4-7-17(21-18)14-2-5-16(19)6-3-14/h2-7,13H,8-12,20H2,1H3. The van der Waals surface area contributed by atoms with Crippen LogP contribution in [0.1, 0.15) is 25.3 Å². The smallest absolute Gasteiger partial charge is 0.133 e. The number of hydrogen-bond donors (Lipinski definition) is 1. The molecule has 1 fully saturated rings. The number of aromatic nitrogens is 1. The van der Waals surface area contributed by atoms with Crippen molar-refractivity contribution in [3.8, 4) is 11.3 Å². The molecule has 2 heterocycles. The number of hydrogen-bond acceptors (Lipinski definition) is 3. The van der Waals surface area contributed by atoms with E-state index in [1.807, 2.05) is 12.1 Å². The number of piperidine rings is 1. The van der Waals surface area contributed by atoms with Crippen molar-refractivity contribution in [2.24, 2.45) is 11.7 Å². The third kappa shape index (κ3) is 3.12. The maximum absolute atomic E-state index is 13.1. The normalized spacial score (nSPS) is 16.0.